The maximum absolute atomic E-state index is 13.0. The van der Waals surface area contributed by atoms with Gasteiger partial charge in [-0.15, -0.1) is 0 Å². The fraction of sp³-hybridized carbons (Fsp3) is 0.133. The van der Waals surface area contributed by atoms with Gasteiger partial charge in [0.15, 0.2) is 0 Å². The predicted molar refractivity (Wildman–Crippen MR) is 72.1 cm³/mol. The molecule has 0 heterocycles. The highest BCUT2D eigenvalue weighted by atomic mass is 19.1. The first-order valence-electron chi connectivity index (χ1n) is 5.99. The average molecular weight is 259 g/mol. The van der Waals surface area contributed by atoms with E-state index < -0.39 is 0 Å². The molecule has 0 spiro atoms. The molecule has 2 rings (SSSR count). The van der Waals surface area contributed by atoms with E-state index in [4.69, 9.17) is 4.74 Å². The van der Waals surface area contributed by atoms with Gasteiger partial charge in [0.2, 0.25) is 0 Å². The summed E-state index contributed by atoms with van der Waals surface area (Å²) in [7, 11) is 0. The minimum atomic E-state index is -0.347. The molecule has 0 saturated heterocycles. The summed E-state index contributed by atoms with van der Waals surface area (Å²) in [6, 6.07) is 13.0. The molecule has 0 aromatic heterocycles. The number of anilines is 2. The van der Waals surface area contributed by atoms with Crippen molar-refractivity contribution >= 4 is 17.3 Å². The maximum atomic E-state index is 13.0. The summed E-state index contributed by atoms with van der Waals surface area (Å²) in [4.78, 5) is 11.5. The molecular formula is C15H14FNO2. The molecule has 0 aliphatic carbocycles. The van der Waals surface area contributed by atoms with Crippen LogP contribution in [0.2, 0.25) is 0 Å². The number of ether oxygens (including phenoxy) is 1. The highest BCUT2D eigenvalue weighted by Gasteiger charge is 2.05. The third-order valence-electron chi connectivity index (χ3n) is 2.51. The second kappa shape index (κ2) is 6.00. The zero-order valence-electron chi connectivity index (χ0n) is 10.5. The van der Waals surface area contributed by atoms with E-state index in [9.17, 15) is 9.18 Å². The van der Waals surface area contributed by atoms with Crippen LogP contribution in [0.15, 0.2) is 48.5 Å². The van der Waals surface area contributed by atoms with Crippen molar-refractivity contribution in [2.75, 3.05) is 11.9 Å². The Morgan fingerprint density at radius 1 is 1.16 bits per heavy atom. The van der Waals surface area contributed by atoms with E-state index in [1.807, 2.05) is 0 Å². The van der Waals surface area contributed by atoms with Gasteiger partial charge in [-0.25, -0.2) is 9.18 Å². The molecule has 0 aliphatic rings. The summed E-state index contributed by atoms with van der Waals surface area (Å²) < 4.78 is 17.9. The molecule has 3 nitrogen and oxygen atoms in total. The smallest absolute Gasteiger partial charge is 0.338 e. The summed E-state index contributed by atoms with van der Waals surface area (Å²) in [6.07, 6.45) is 0. The lowest BCUT2D eigenvalue weighted by Gasteiger charge is -2.07. The Hall–Kier alpha value is -2.36. The van der Waals surface area contributed by atoms with Gasteiger partial charge in [-0.2, -0.15) is 0 Å². The fourth-order valence-electron chi connectivity index (χ4n) is 1.64. The van der Waals surface area contributed by atoms with Gasteiger partial charge >= 0.3 is 5.97 Å². The number of hydrogen-bond acceptors (Lipinski definition) is 3. The van der Waals surface area contributed by atoms with Crippen molar-refractivity contribution in [3.8, 4) is 0 Å². The summed E-state index contributed by atoms with van der Waals surface area (Å²) in [5.74, 6) is -0.645. The topological polar surface area (TPSA) is 38.3 Å². The number of nitrogens with one attached hydrogen (secondary N) is 1. The maximum Gasteiger partial charge on any atom is 0.338 e. The second-order valence-corrected chi connectivity index (χ2v) is 3.93. The number of carbonyl (C=O) groups is 1. The van der Waals surface area contributed by atoms with Crippen LogP contribution in [0.3, 0.4) is 0 Å². The SMILES string of the molecule is CCOC(=O)c1ccc(Nc2cccc(F)c2)cc1. The third-order valence-corrected chi connectivity index (χ3v) is 2.51. The Bertz CT molecular complexity index is 567. The largest absolute Gasteiger partial charge is 0.462 e. The molecule has 1 N–H and O–H groups in total. The monoisotopic (exact) mass is 259 g/mol. The molecule has 2 aromatic rings. The summed E-state index contributed by atoms with van der Waals surface area (Å²) in [6.45, 7) is 2.11. The van der Waals surface area contributed by atoms with Gasteiger partial charge in [0.1, 0.15) is 5.82 Å². The highest BCUT2D eigenvalue weighted by molar-refractivity contribution is 5.89. The highest BCUT2D eigenvalue weighted by Crippen LogP contribution is 2.18. The molecule has 0 amide bonds. The molecule has 0 saturated carbocycles. The predicted octanol–water partition coefficient (Wildman–Crippen LogP) is 3.75. The third kappa shape index (κ3) is 3.55. The minimum Gasteiger partial charge on any atom is -0.462 e. The van der Waals surface area contributed by atoms with Crippen molar-refractivity contribution < 1.29 is 13.9 Å². The number of esters is 1. The molecule has 0 bridgehead atoms. The van der Waals surface area contributed by atoms with E-state index in [2.05, 4.69) is 5.32 Å². The standard InChI is InChI=1S/C15H14FNO2/c1-2-19-15(18)11-6-8-13(9-7-11)17-14-5-3-4-12(16)10-14/h3-10,17H,2H2,1H3. The van der Waals surface area contributed by atoms with Gasteiger partial charge in [0, 0.05) is 11.4 Å². The lowest BCUT2D eigenvalue weighted by molar-refractivity contribution is 0.0526. The van der Waals surface area contributed by atoms with Crippen molar-refractivity contribution in [2.24, 2.45) is 0 Å². The van der Waals surface area contributed by atoms with Crippen LogP contribution in [0.5, 0.6) is 0 Å². The van der Waals surface area contributed by atoms with Crippen LogP contribution in [0.4, 0.5) is 15.8 Å². The van der Waals surface area contributed by atoms with Crippen LogP contribution in [-0.4, -0.2) is 12.6 Å². The summed E-state index contributed by atoms with van der Waals surface area (Å²) in [5.41, 5.74) is 1.93. The van der Waals surface area contributed by atoms with Crippen LogP contribution >= 0.6 is 0 Å². The first kappa shape index (κ1) is 13.1. The Morgan fingerprint density at radius 3 is 2.53 bits per heavy atom. The van der Waals surface area contributed by atoms with Crippen LogP contribution in [-0.2, 0) is 4.74 Å². The quantitative estimate of drug-likeness (QED) is 0.850. The van der Waals surface area contributed by atoms with Gasteiger partial charge in [-0.05, 0) is 49.4 Å². The van der Waals surface area contributed by atoms with Crippen molar-refractivity contribution in [3.63, 3.8) is 0 Å². The van der Waals surface area contributed by atoms with E-state index >= 15 is 0 Å². The van der Waals surface area contributed by atoms with Crippen LogP contribution < -0.4 is 5.32 Å². The van der Waals surface area contributed by atoms with Gasteiger partial charge in [-0.3, -0.25) is 0 Å². The van der Waals surface area contributed by atoms with Crippen molar-refractivity contribution in [2.45, 2.75) is 6.92 Å². The molecule has 0 unspecified atom stereocenters. The van der Waals surface area contributed by atoms with Crippen LogP contribution in [0.25, 0.3) is 0 Å². The zero-order chi connectivity index (χ0) is 13.7. The first-order valence-corrected chi connectivity index (χ1v) is 5.99. The molecule has 19 heavy (non-hydrogen) atoms. The fourth-order valence-corrected chi connectivity index (χ4v) is 1.64. The van der Waals surface area contributed by atoms with Crippen LogP contribution in [0, 0.1) is 5.82 Å². The van der Waals surface area contributed by atoms with E-state index in [0.29, 0.717) is 17.9 Å². The minimum absolute atomic E-state index is 0.298. The number of benzene rings is 2. The number of carbonyl (C=O) groups excluding carboxylic acids is 1. The molecule has 0 radical (unpaired) electrons. The van der Waals surface area contributed by atoms with Gasteiger partial charge in [0.05, 0.1) is 12.2 Å². The molecule has 2 aromatic carbocycles. The number of rotatable bonds is 4. The lowest BCUT2D eigenvalue weighted by Crippen LogP contribution is -2.04. The Kier molecular flexibility index (Phi) is 4.13. The van der Waals surface area contributed by atoms with Crippen molar-refractivity contribution in [1.29, 1.82) is 0 Å². The average Bonchev–Trinajstić information content (AvgIpc) is 2.40. The normalized spacial score (nSPS) is 10.0. The van der Waals surface area contributed by atoms with Crippen LogP contribution in [0.1, 0.15) is 17.3 Å². The first-order chi connectivity index (χ1) is 9.19. The lowest BCUT2D eigenvalue weighted by atomic mass is 10.2. The molecule has 0 fully saturated rings. The van der Waals surface area contributed by atoms with Gasteiger partial charge < -0.3 is 10.1 Å². The summed E-state index contributed by atoms with van der Waals surface area (Å²) >= 11 is 0. The second-order valence-electron chi connectivity index (χ2n) is 3.93. The molecule has 98 valence electrons. The molecular weight excluding hydrogens is 245 g/mol. The van der Waals surface area contributed by atoms with Gasteiger partial charge in [0.25, 0.3) is 0 Å². The molecule has 4 heteroatoms. The number of halogens is 1. The van der Waals surface area contributed by atoms with E-state index in [1.165, 1.54) is 12.1 Å². The van der Waals surface area contributed by atoms with Gasteiger partial charge in [-0.1, -0.05) is 6.07 Å². The van der Waals surface area contributed by atoms with Crippen molar-refractivity contribution in [1.82, 2.24) is 0 Å². The van der Waals surface area contributed by atoms with E-state index in [1.54, 1.807) is 43.3 Å². The van der Waals surface area contributed by atoms with Crippen molar-refractivity contribution in [3.05, 3.63) is 59.9 Å². The molecule has 0 aliphatic heterocycles. The Morgan fingerprint density at radius 2 is 1.89 bits per heavy atom. The number of hydrogen-bond donors (Lipinski definition) is 1. The van der Waals surface area contributed by atoms with E-state index in [-0.39, 0.29) is 11.8 Å². The summed E-state index contributed by atoms with van der Waals surface area (Å²) in [5, 5.41) is 3.05. The van der Waals surface area contributed by atoms with E-state index in [0.717, 1.165) is 5.69 Å². The Labute approximate surface area is 111 Å². The molecule has 0 atom stereocenters. The zero-order valence-corrected chi connectivity index (χ0v) is 10.5. The Balaban J connectivity index is 2.08.